The molecule has 3 rings (SSSR count). The Morgan fingerprint density at radius 2 is 1.93 bits per heavy atom. The molecular formula is C19H26N5O3S+. The maximum atomic E-state index is 12.1. The fraction of sp³-hybridized carbons (Fsp3) is 0.474. The molecule has 1 amide bonds. The summed E-state index contributed by atoms with van der Waals surface area (Å²) in [7, 11) is 0. The van der Waals surface area contributed by atoms with Gasteiger partial charge in [-0.3, -0.25) is 24.3 Å². The molecule has 0 bridgehead atoms. The minimum absolute atomic E-state index is 0.0357. The first-order valence-electron chi connectivity index (χ1n) is 9.43. The number of benzene rings is 1. The molecule has 0 aliphatic carbocycles. The number of hydrogen-bond acceptors (Lipinski definition) is 7. The highest BCUT2D eigenvalue weighted by molar-refractivity contribution is 8.14. The van der Waals surface area contributed by atoms with E-state index in [1.165, 1.54) is 0 Å². The predicted octanol–water partition coefficient (Wildman–Crippen LogP) is 1.53. The van der Waals surface area contributed by atoms with Crippen LogP contribution in [0.1, 0.15) is 30.6 Å². The number of hydrogen-bond donors (Lipinski definition) is 1. The molecule has 0 unspecified atom stereocenters. The first kappa shape index (κ1) is 20.3. The fourth-order valence-corrected chi connectivity index (χ4v) is 3.73. The number of carbonyl (C=O) groups is 2. The van der Waals surface area contributed by atoms with Crippen LogP contribution in [0.2, 0.25) is 0 Å². The van der Waals surface area contributed by atoms with Crippen molar-refractivity contribution < 1.29 is 18.9 Å². The Kier molecular flexibility index (Phi) is 7.05. The van der Waals surface area contributed by atoms with E-state index >= 15 is 0 Å². The average molecular weight is 405 g/mol. The molecule has 150 valence electrons. The molecule has 2 heterocycles. The van der Waals surface area contributed by atoms with Crippen molar-refractivity contribution in [3.63, 3.8) is 0 Å². The van der Waals surface area contributed by atoms with E-state index in [0.29, 0.717) is 23.2 Å². The number of carbonyl (C=O) groups excluding carboxylic acids is 2. The molecule has 8 nitrogen and oxygen atoms in total. The van der Waals surface area contributed by atoms with Gasteiger partial charge in [0.15, 0.2) is 0 Å². The van der Waals surface area contributed by atoms with E-state index in [2.05, 4.69) is 34.3 Å². The number of nitrogens with one attached hydrogen (secondary N) is 1. The van der Waals surface area contributed by atoms with Crippen LogP contribution >= 0.6 is 11.8 Å². The Labute approximate surface area is 168 Å². The van der Waals surface area contributed by atoms with Crippen molar-refractivity contribution in [2.75, 3.05) is 42.3 Å². The standard InChI is InChI=1S/C19H25N5O3S/c1-15(2)22-9-11-23(12-10-22)24-14-18(27-21-24)20-17(25)8-13-28-19(26)16-6-4-3-5-7-16/h3-7,14-15H,8-13H2,1-2H3/p+1. The van der Waals surface area contributed by atoms with Gasteiger partial charge in [0.1, 0.15) is 0 Å². The number of amides is 1. The molecule has 0 radical (unpaired) electrons. The lowest BCUT2D eigenvalue weighted by Gasteiger charge is -2.32. The smallest absolute Gasteiger partial charge is 0.297 e. The number of piperazine rings is 1. The molecule has 9 heteroatoms. The number of aromatic nitrogens is 2. The highest BCUT2D eigenvalue weighted by Gasteiger charge is 2.27. The van der Waals surface area contributed by atoms with Crippen molar-refractivity contribution in [2.24, 2.45) is 0 Å². The van der Waals surface area contributed by atoms with Gasteiger partial charge in [0.2, 0.25) is 16.3 Å². The second-order valence-electron chi connectivity index (χ2n) is 6.87. The summed E-state index contributed by atoms with van der Waals surface area (Å²) in [5, 5.41) is 8.72. The minimum Gasteiger partial charge on any atom is -0.297 e. The van der Waals surface area contributed by atoms with Crippen LogP contribution in [0.25, 0.3) is 0 Å². The van der Waals surface area contributed by atoms with E-state index in [4.69, 9.17) is 4.52 Å². The van der Waals surface area contributed by atoms with Crippen molar-refractivity contribution in [3.05, 3.63) is 42.1 Å². The van der Waals surface area contributed by atoms with Crippen LogP contribution in [-0.2, 0) is 4.79 Å². The van der Waals surface area contributed by atoms with Crippen molar-refractivity contribution in [3.8, 4) is 0 Å². The molecular weight excluding hydrogens is 378 g/mol. The van der Waals surface area contributed by atoms with Gasteiger partial charge in [0, 0.05) is 36.9 Å². The van der Waals surface area contributed by atoms with E-state index in [1.807, 2.05) is 18.2 Å². The van der Waals surface area contributed by atoms with Gasteiger partial charge in [-0.25, -0.2) is 0 Å². The van der Waals surface area contributed by atoms with Gasteiger partial charge < -0.3 is 0 Å². The van der Waals surface area contributed by atoms with Crippen LogP contribution in [0.5, 0.6) is 0 Å². The summed E-state index contributed by atoms with van der Waals surface area (Å²) in [5.41, 5.74) is 0.641. The van der Waals surface area contributed by atoms with Gasteiger partial charge in [-0.2, -0.15) is 5.01 Å². The third kappa shape index (κ3) is 5.56. The van der Waals surface area contributed by atoms with E-state index in [9.17, 15) is 9.59 Å². The Morgan fingerprint density at radius 1 is 1.21 bits per heavy atom. The SMILES string of the molecule is CC(C)N1CCN([n+]2cc(NC(=O)CCSC(=O)c3ccccc3)on2)CC1. The van der Waals surface area contributed by atoms with Crippen LogP contribution in [0.15, 0.2) is 41.1 Å². The highest BCUT2D eigenvalue weighted by Crippen LogP contribution is 2.13. The van der Waals surface area contributed by atoms with E-state index < -0.39 is 0 Å². The van der Waals surface area contributed by atoms with Crippen LogP contribution in [-0.4, -0.2) is 59.2 Å². The Balaban J connectivity index is 1.41. The van der Waals surface area contributed by atoms with Crippen LogP contribution < -0.4 is 15.1 Å². The quantitative estimate of drug-likeness (QED) is 0.701. The van der Waals surface area contributed by atoms with Crippen molar-refractivity contribution in [1.29, 1.82) is 0 Å². The number of thioether (sulfide) groups is 1. The first-order chi connectivity index (χ1) is 13.5. The molecule has 1 N–H and O–H groups in total. The van der Waals surface area contributed by atoms with E-state index in [-0.39, 0.29) is 17.4 Å². The molecule has 1 aromatic carbocycles. The summed E-state index contributed by atoms with van der Waals surface area (Å²) in [6.45, 7) is 8.01. The topological polar surface area (TPSA) is 82.6 Å². The molecule has 0 atom stereocenters. The molecule has 1 aliphatic heterocycles. The lowest BCUT2D eigenvalue weighted by Crippen LogP contribution is -2.65. The first-order valence-corrected chi connectivity index (χ1v) is 10.4. The zero-order valence-corrected chi connectivity index (χ0v) is 17.0. The second kappa shape index (κ2) is 9.70. The predicted molar refractivity (Wildman–Crippen MR) is 108 cm³/mol. The molecule has 0 spiro atoms. The molecule has 28 heavy (non-hydrogen) atoms. The lowest BCUT2D eigenvalue weighted by atomic mass is 10.2. The molecule has 1 aliphatic rings. The van der Waals surface area contributed by atoms with Gasteiger partial charge in [0.25, 0.3) is 6.20 Å². The minimum atomic E-state index is -0.207. The van der Waals surface area contributed by atoms with Crippen molar-refractivity contribution >= 4 is 28.7 Å². The number of rotatable bonds is 7. The third-order valence-corrected chi connectivity index (χ3v) is 5.51. The van der Waals surface area contributed by atoms with Crippen LogP contribution in [0.4, 0.5) is 5.88 Å². The van der Waals surface area contributed by atoms with Gasteiger partial charge in [-0.05, 0) is 13.8 Å². The summed E-state index contributed by atoms with van der Waals surface area (Å²) in [4.78, 5) is 28.2. The summed E-state index contributed by atoms with van der Waals surface area (Å²) in [6.07, 6.45) is 1.89. The Bertz CT molecular complexity index is 788. The Morgan fingerprint density at radius 3 is 2.61 bits per heavy atom. The molecule has 1 fully saturated rings. The monoisotopic (exact) mass is 404 g/mol. The summed E-state index contributed by atoms with van der Waals surface area (Å²) in [5.74, 6) is 0.502. The zero-order chi connectivity index (χ0) is 19.9. The van der Waals surface area contributed by atoms with Crippen LogP contribution in [0, 0.1) is 0 Å². The van der Waals surface area contributed by atoms with Crippen LogP contribution in [0.3, 0.4) is 0 Å². The normalized spacial score (nSPS) is 15.0. The average Bonchev–Trinajstić information content (AvgIpc) is 3.17. The number of anilines is 1. The molecule has 1 saturated heterocycles. The zero-order valence-electron chi connectivity index (χ0n) is 16.2. The third-order valence-electron chi connectivity index (χ3n) is 4.60. The lowest BCUT2D eigenvalue weighted by molar-refractivity contribution is -0.759. The molecule has 1 aromatic heterocycles. The van der Waals surface area contributed by atoms with Gasteiger partial charge >= 0.3 is 5.88 Å². The molecule has 0 saturated carbocycles. The largest absolute Gasteiger partial charge is 0.305 e. The van der Waals surface area contributed by atoms with Crippen molar-refractivity contribution in [2.45, 2.75) is 26.3 Å². The van der Waals surface area contributed by atoms with Gasteiger partial charge in [0.05, 0.1) is 17.9 Å². The van der Waals surface area contributed by atoms with Gasteiger partial charge in [-0.15, -0.1) is 0 Å². The number of nitrogens with zero attached hydrogens (tertiary/aromatic N) is 4. The summed E-state index contributed by atoms with van der Waals surface area (Å²) in [6, 6.07) is 9.58. The highest BCUT2D eigenvalue weighted by atomic mass is 32.2. The Hall–Kier alpha value is -2.39. The van der Waals surface area contributed by atoms with Crippen molar-refractivity contribution in [1.82, 2.24) is 10.2 Å². The maximum Gasteiger partial charge on any atom is 0.305 e. The fourth-order valence-electron chi connectivity index (χ4n) is 2.95. The van der Waals surface area contributed by atoms with Gasteiger partial charge in [-0.1, -0.05) is 42.1 Å². The van der Waals surface area contributed by atoms with E-state index in [1.54, 1.807) is 23.1 Å². The maximum absolute atomic E-state index is 12.1. The van der Waals surface area contributed by atoms with E-state index in [0.717, 1.165) is 37.9 Å². The molecule has 2 aromatic rings. The second-order valence-corrected chi connectivity index (χ2v) is 7.94. The summed E-state index contributed by atoms with van der Waals surface area (Å²) >= 11 is 1.13. The summed E-state index contributed by atoms with van der Waals surface area (Å²) < 4.78 is 5.21.